The third kappa shape index (κ3) is 6.85. The molecular formula is C21H24O4Si. The fraction of sp³-hybridized carbons (Fsp3) is 0.286. The number of ether oxygens (including phenoxy) is 2. The van der Waals surface area contributed by atoms with Crippen LogP contribution in [0.15, 0.2) is 60.7 Å². The van der Waals surface area contributed by atoms with E-state index in [-0.39, 0.29) is 6.61 Å². The predicted molar refractivity (Wildman–Crippen MR) is 104 cm³/mol. The van der Waals surface area contributed by atoms with E-state index in [1.807, 2.05) is 36.4 Å². The van der Waals surface area contributed by atoms with E-state index in [9.17, 15) is 9.90 Å². The van der Waals surface area contributed by atoms with Crippen LogP contribution < -0.4 is 4.74 Å². The highest BCUT2D eigenvalue weighted by molar-refractivity contribution is 6.83. The Hall–Kier alpha value is -2.39. The standard InChI is InChI=1S/C21H24O4Si/c1-26(2,3)15-14-19(22)20(24-16-17-10-6-4-7-11-17)21(23)25-18-12-8-5-9-13-18/h4-13,19-20,22H,16H2,1-3H3/t19-,20+/m0/s1. The molecule has 2 atom stereocenters. The summed E-state index contributed by atoms with van der Waals surface area (Å²) in [6, 6.07) is 18.2. The van der Waals surface area contributed by atoms with E-state index < -0.39 is 26.3 Å². The molecule has 2 aromatic rings. The minimum atomic E-state index is -1.69. The number of hydrogen-bond donors (Lipinski definition) is 1. The zero-order valence-corrected chi connectivity index (χ0v) is 16.3. The first-order chi connectivity index (χ1) is 12.3. The number of aliphatic hydroxyl groups is 1. The molecule has 0 bridgehead atoms. The molecule has 0 saturated carbocycles. The molecule has 0 spiro atoms. The molecule has 0 heterocycles. The lowest BCUT2D eigenvalue weighted by Crippen LogP contribution is -2.39. The van der Waals surface area contributed by atoms with Crippen LogP contribution in [0.25, 0.3) is 0 Å². The highest BCUT2D eigenvalue weighted by Crippen LogP contribution is 2.13. The molecule has 0 aliphatic carbocycles. The summed E-state index contributed by atoms with van der Waals surface area (Å²) in [6.07, 6.45) is -2.43. The van der Waals surface area contributed by atoms with Crippen molar-refractivity contribution in [3.63, 3.8) is 0 Å². The van der Waals surface area contributed by atoms with Gasteiger partial charge in [-0.15, -0.1) is 5.54 Å². The molecule has 4 nitrogen and oxygen atoms in total. The van der Waals surface area contributed by atoms with Gasteiger partial charge in [0.15, 0.2) is 12.2 Å². The second-order valence-electron chi connectivity index (χ2n) is 6.92. The third-order valence-corrected chi connectivity index (χ3v) is 4.24. The van der Waals surface area contributed by atoms with Gasteiger partial charge in [0.05, 0.1) is 6.61 Å². The zero-order chi connectivity index (χ0) is 19.0. The lowest BCUT2D eigenvalue weighted by molar-refractivity contribution is -0.153. The highest BCUT2D eigenvalue weighted by atomic mass is 28.3. The third-order valence-electron chi connectivity index (χ3n) is 3.35. The van der Waals surface area contributed by atoms with Gasteiger partial charge in [-0.05, 0) is 17.7 Å². The van der Waals surface area contributed by atoms with Crippen molar-refractivity contribution in [3.05, 3.63) is 66.2 Å². The molecule has 0 saturated heterocycles. The Kier molecular flexibility index (Phi) is 7.16. The lowest BCUT2D eigenvalue weighted by atomic mass is 10.2. The van der Waals surface area contributed by atoms with E-state index in [0.29, 0.717) is 5.75 Å². The van der Waals surface area contributed by atoms with Gasteiger partial charge in [-0.25, -0.2) is 4.79 Å². The summed E-state index contributed by atoms with van der Waals surface area (Å²) in [5.41, 5.74) is 3.97. The van der Waals surface area contributed by atoms with Crippen LogP contribution in [0.1, 0.15) is 5.56 Å². The van der Waals surface area contributed by atoms with Crippen LogP contribution in [0, 0.1) is 11.5 Å². The number of rotatable bonds is 6. The Morgan fingerprint density at radius 2 is 1.62 bits per heavy atom. The Morgan fingerprint density at radius 1 is 1.04 bits per heavy atom. The molecule has 2 aromatic carbocycles. The van der Waals surface area contributed by atoms with Crippen molar-refractivity contribution in [3.8, 4) is 17.2 Å². The van der Waals surface area contributed by atoms with E-state index in [1.165, 1.54) is 0 Å². The minimum Gasteiger partial charge on any atom is -0.425 e. The Labute approximate surface area is 155 Å². The number of para-hydroxylation sites is 1. The largest absolute Gasteiger partial charge is 0.425 e. The summed E-state index contributed by atoms with van der Waals surface area (Å²) >= 11 is 0. The van der Waals surface area contributed by atoms with Crippen LogP contribution in [0.2, 0.25) is 19.6 Å². The molecule has 1 N–H and O–H groups in total. The smallest absolute Gasteiger partial charge is 0.344 e. The lowest BCUT2D eigenvalue weighted by Gasteiger charge is -2.19. The van der Waals surface area contributed by atoms with Gasteiger partial charge in [0.2, 0.25) is 0 Å². The normalized spacial score (nSPS) is 13.2. The van der Waals surface area contributed by atoms with Gasteiger partial charge in [0, 0.05) is 0 Å². The summed E-state index contributed by atoms with van der Waals surface area (Å²) in [5, 5.41) is 10.4. The predicted octanol–water partition coefficient (Wildman–Crippen LogP) is 3.42. The van der Waals surface area contributed by atoms with Crippen LogP contribution in [-0.4, -0.2) is 31.4 Å². The summed E-state index contributed by atoms with van der Waals surface area (Å²) < 4.78 is 11.0. The average Bonchev–Trinajstić information content (AvgIpc) is 2.61. The first-order valence-electron chi connectivity index (χ1n) is 8.48. The summed E-state index contributed by atoms with van der Waals surface area (Å²) in [7, 11) is -1.69. The van der Waals surface area contributed by atoms with Crippen molar-refractivity contribution in [1.29, 1.82) is 0 Å². The molecular weight excluding hydrogens is 344 g/mol. The van der Waals surface area contributed by atoms with Crippen LogP contribution in [0.4, 0.5) is 0 Å². The van der Waals surface area contributed by atoms with Crippen LogP contribution in [0.3, 0.4) is 0 Å². The molecule has 0 radical (unpaired) electrons. The maximum atomic E-state index is 12.5. The number of carbonyl (C=O) groups is 1. The first kappa shape index (κ1) is 19.9. The van der Waals surface area contributed by atoms with Crippen LogP contribution in [0.5, 0.6) is 5.75 Å². The fourth-order valence-corrected chi connectivity index (χ4v) is 2.66. The Balaban J connectivity index is 2.13. The van der Waals surface area contributed by atoms with E-state index >= 15 is 0 Å². The van der Waals surface area contributed by atoms with E-state index in [2.05, 4.69) is 31.1 Å². The van der Waals surface area contributed by atoms with Crippen LogP contribution in [-0.2, 0) is 16.1 Å². The van der Waals surface area contributed by atoms with Crippen LogP contribution >= 0.6 is 0 Å². The number of hydrogen-bond acceptors (Lipinski definition) is 4. The second kappa shape index (κ2) is 9.34. The minimum absolute atomic E-state index is 0.182. The SMILES string of the molecule is C[Si](C)(C)C#C[C@H](O)[C@@H](OCc1ccccc1)C(=O)Oc1ccccc1. The molecule has 0 unspecified atom stereocenters. The number of carbonyl (C=O) groups excluding carboxylic acids is 1. The molecule has 0 aliphatic rings. The molecule has 0 aliphatic heterocycles. The highest BCUT2D eigenvalue weighted by Gasteiger charge is 2.29. The van der Waals surface area contributed by atoms with Gasteiger partial charge < -0.3 is 14.6 Å². The summed E-state index contributed by atoms with van der Waals surface area (Å²) in [5.74, 6) is 2.50. The Morgan fingerprint density at radius 3 is 2.19 bits per heavy atom. The first-order valence-corrected chi connectivity index (χ1v) is 12.0. The second-order valence-corrected chi connectivity index (χ2v) is 11.7. The van der Waals surface area contributed by atoms with E-state index in [4.69, 9.17) is 9.47 Å². The number of aliphatic hydroxyl groups excluding tert-OH is 1. The average molecular weight is 369 g/mol. The van der Waals surface area contributed by atoms with Crippen molar-refractivity contribution in [1.82, 2.24) is 0 Å². The van der Waals surface area contributed by atoms with Gasteiger partial charge in [0.25, 0.3) is 0 Å². The van der Waals surface area contributed by atoms with Crippen molar-refractivity contribution < 1.29 is 19.4 Å². The van der Waals surface area contributed by atoms with Gasteiger partial charge in [0.1, 0.15) is 13.8 Å². The van der Waals surface area contributed by atoms with Crippen molar-refractivity contribution in [2.45, 2.75) is 38.5 Å². The summed E-state index contributed by atoms with van der Waals surface area (Å²) in [4.78, 5) is 12.5. The molecule has 5 heteroatoms. The number of esters is 1. The molecule has 0 amide bonds. The molecule has 136 valence electrons. The zero-order valence-electron chi connectivity index (χ0n) is 15.3. The van der Waals surface area contributed by atoms with E-state index in [0.717, 1.165) is 5.56 Å². The quantitative estimate of drug-likeness (QED) is 0.367. The molecule has 0 aromatic heterocycles. The van der Waals surface area contributed by atoms with Gasteiger partial charge >= 0.3 is 5.97 Å². The Bertz CT molecular complexity index is 757. The topological polar surface area (TPSA) is 55.8 Å². The molecule has 26 heavy (non-hydrogen) atoms. The monoisotopic (exact) mass is 368 g/mol. The molecule has 2 rings (SSSR count). The van der Waals surface area contributed by atoms with Crippen molar-refractivity contribution in [2.75, 3.05) is 0 Å². The van der Waals surface area contributed by atoms with Crippen molar-refractivity contribution in [2.24, 2.45) is 0 Å². The number of benzene rings is 2. The van der Waals surface area contributed by atoms with Gasteiger partial charge in [-0.2, -0.15) is 0 Å². The van der Waals surface area contributed by atoms with E-state index in [1.54, 1.807) is 24.3 Å². The van der Waals surface area contributed by atoms with Crippen molar-refractivity contribution >= 4 is 14.0 Å². The maximum absolute atomic E-state index is 12.5. The van der Waals surface area contributed by atoms with Gasteiger partial charge in [-0.3, -0.25) is 0 Å². The summed E-state index contributed by atoms with van der Waals surface area (Å²) in [6.45, 7) is 6.37. The molecule has 0 fully saturated rings. The van der Waals surface area contributed by atoms with Gasteiger partial charge in [-0.1, -0.05) is 74.1 Å². The fourth-order valence-electron chi connectivity index (χ4n) is 2.08. The maximum Gasteiger partial charge on any atom is 0.344 e.